The van der Waals surface area contributed by atoms with E-state index in [0.29, 0.717) is 0 Å². The van der Waals surface area contributed by atoms with E-state index in [1.807, 2.05) is 6.07 Å². The molecule has 0 atom stereocenters. The fourth-order valence-electron chi connectivity index (χ4n) is 9.17. The van der Waals surface area contributed by atoms with E-state index in [-0.39, 0.29) is 0 Å². The van der Waals surface area contributed by atoms with Crippen molar-refractivity contribution in [1.29, 1.82) is 0 Å². The van der Waals surface area contributed by atoms with E-state index in [9.17, 15) is 0 Å². The second-order valence-electron chi connectivity index (χ2n) is 14.2. The molecule has 0 spiro atoms. The first-order valence-corrected chi connectivity index (χ1v) is 18.2. The van der Waals surface area contributed by atoms with Crippen molar-refractivity contribution in [3.63, 3.8) is 0 Å². The van der Waals surface area contributed by atoms with E-state index in [2.05, 4.69) is 185 Å². The van der Waals surface area contributed by atoms with Gasteiger partial charge in [-0.1, -0.05) is 132 Å². The maximum Gasteiger partial charge on any atom is 0.199 e. The summed E-state index contributed by atoms with van der Waals surface area (Å²) in [5.74, 6) is 0. The molecule has 0 saturated carbocycles. The predicted octanol–water partition coefficient (Wildman–Crippen LogP) is 9.41. The molecule has 241 valence electrons. The van der Waals surface area contributed by atoms with Gasteiger partial charge in [0.25, 0.3) is 0 Å². The number of aromatic nitrogens is 3. The van der Waals surface area contributed by atoms with E-state index in [4.69, 9.17) is 7.85 Å². The highest BCUT2D eigenvalue weighted by molar-refractivity contribution is 6.73. The summed E-state index contributed by atoms with van der Waals surface area (Å²) in [7, 11) is 9.26. The molecule has 3 nitrogen and oxygen atoms in total. The van der Waals surface area contributed by atoms with Gasteiger partial charge in [-0.15, -0.1) is 0 Å². The van der Waals surface area contributed by atoms with Crippen molar-refractivity contribution in [2.45, 2.75) is 0 Å². The molecule has 0 N–H and O–H groups in total. The van der Waals surface area contributed by atoms with Gasteiger partial charge in [-0.3, -0.25) is 0 Å². The van der Waals surface area contributed by atoms with Crippen LogP contribution in [0.5, 0.6) is 0 Å². The van der Waals surface area contributed by atoms with Crippen LogP contribution >= 0.6 is 0 Å². The second-order valence-corrected chi connectivity index (χ2v) is 14.2. The van der Waals surface area contributed by atoms with E-state index in [1.165, 1.54) is 59.9 Å². The SMILES string of the molecule is [B]c1cccc2c3ccccc3n(-c3cc(-c4ccc(-n5c6ccccc6c6ccccc65)cc4)cc4c3[B]c3cccc5c6ccccc6n-4c35)c12. The predicted molar refractivity (Wildman–Crippen MR) is 225 cm³/mol. The van der Waals surface area contributed by atoms with Gasteiger partial charge in [-0.2, -0.15) is 0 Å². The Morgan fingerprint density at radius 2 is 0.830 bits per heavy atom. The first kappa shape index (κ1) is 28.9. The summed E-state index contributed by atoms with van der Waals surface area (Å²) in [6, 6.07) is 61.6. The molecule has 5 heteroatoms. The molecular weight excluding hydrogens is 640 g/mol. The standard InChI is InChI=1S/C48H28B2N3/c49-38-17-9-15-36-34-13-3-7-21-42(34)52(47(36)38)44-27-30(28-45-46(44)50-39-18-10-16-37-35-14-4-8-22-43(35)53(45)48(37)39)29-23-25-31(26-24-29)51-40-19-5-1-11-32(40)33-12-2-6-20-41(33)51/h1-28H. The van der Waals surface area contributed by atoms with Crippen LogP contribution in [-0.4, -0.2) is 28.8 Å². The number of nitrogens with zero attached hydrogens (tertiary/aromatic N) is 3. The van der Waals surface area contributed by atoms with Gasteiger partial charge in [-0.25, -0.2) is 0 Å². The fourth-order valence-corrected chi connectivity index (χ4v) is 9.17. The molecule has 8 aromatic carbocycles. The molecule has 53 heavy (non-hydrogen) atoms. The summed E-state index contributed by atoms with van der Waals surface area (Å²) in [6.07, 6.45) is 0. The maximum atomic E-state index is 6.88. The van der Waals surface area contributed by atoms with Gasteiger partial charge in [0.15, 0.2) is 7.28 Å². The molecule has 0 amide bonds. The molecule has 1 aliphatic rings. The molecule has 12 rings (SSSR count). The number of rotatable bonds is 3. The zero-order valence-electron chi connectivity index (χ0n) is 28.7. The van der Waals surface area contributed by atoms with Crippen LogP contribution in [0, 0.1) is 0 Å². The van der Waals surface area contributed by atoms with Crippen LogP contribution in [-0.2, 0) is 0 Å². The third-order valence-corrected chi connectivity index (χ3v) is 11.4. The lowest BCUT2D eigenvalue weighted by Crippen LogP contribution is -2.38. The van der Waals surface area contributed by atoms with Crippen molar-refractivity contribution >= 4 is 96.9 Å². The van der Waals surface area contributed by atoms with Crippen LogP contribution in [0.2, 0.25) is 0 Å². The zero-order valence-corrected chi connectivity index (χ0v) is 28.7. The number of hydrogen-bond donors (Lipinski definition) is 0. The first-order chi connectivity index (χ1) is 26.2. The molecule has 3 aromatic heterocycles. The van der Waals surface area contributed by atoms with E-state index < -0.39 is 0 Å². The van der Waals surface area contributed by atoms with Crippen molar-refractivity contribution in [3.8, 4) is 28.2 Å². The maximum absolute atomic E-state index is 6.88. The van der Waals surface area contributed by atoms with Crippen molar-refractivity contribution in [2.75, 3.05) is 0 Å². The highest BCUT2D eigenvalue weighted by Crippen LogP contribution is 2.38. The van der Waals surface area contributed by atoms with Gasteiger partial charge in [-0.05, 0) is 65.1 Å². The molecular formula is C48H28B2N3. The van der Waals surface area contributed by atoms with Gasteiger partial charge in [0.2, 0.25) is 0 Å². The lowest BCUT2D eigenvalue weighted by molar-refractivity contribution is 1.15. The topological polar surface area (TPSA) is 14.8 Å². The molecule has 1 aliphatic heterocycles. The zero-order chi connectivity index (χ0) is 34.8. The Morgan fingerprint density at radius 1 is 0.377 bits per heavy atom. The van der Waals surface area contributed by atoms with E-state index >= 15 is 0 Å². The van der Waals surface area contributed by atoms with Gasteiger partial charge in [0, 0.05) is 60.4 Å². The van der Waals surface area contributed by atoms with Crippen LogP contribution in [0.15, 0.2) is 170 Å². The lowest BCUT2D eigenvalue weighted by Gasteiger charge is -2.26. The number of fused-ring (bicyclic) bond motifs is 11. The highest BCUT2D eigenvalue weighted by Gasteiger charge is 2.27. The van der Waals surface area contributed by atoms with Crippen LogP contribution in [0.1, 0.15) is 0 Å². The Kier molecular flexibility index (Phi) is 5.82. The molecule has 3 radical (unpaired) electrons. The van der Waals surface area contributed by atoms with Gasteiger partial charge in [0.05, 0.1) is 22.1 Å². The van der Waals surface area contributed by atoms with Crippen LogP contribution < -0.4 is 16.4 Å². The summed E-state index contributed by atoms with van der Waals surface area (Å²) in [5, 5.41) is 7.39. The molecule has 0 bridgehead atoms. The minimum Gasteiger partial charge on any atom is -0.310 e. The fraction of sp³-hybridized carbons (Fsp3) is 0. The summed E-state index contributed by atoms with van der Waals surface area (Å²) < 4.78 is 7.25. The quantitative estimate of drug-likeness (QED) is 0.167. The second kappa shape index (κ2) is 10.7. The largest absolute Gasteiger partial charge is 0.310 e. The van der Waals surface area contributed by atoms with Crippen molar-refractivity contribution in [2.24, 2.45) is 0 Å². The summed E-state index contributed by atoms with van der Waals surface area (Å²) in [5.41, 5.74) is 15.9. The van der Waals surface area contributed by atoms with Crippen molar-refractivity contribution in [3.05, 3.63) is 170 Å². The molecule has 0 aliphatic carbocycles. The highest BCUT2D eigenvalue weighted by atomic mass is 15.0. The molecule has 0 fully saturated rings. The van der Waals surface area contributed by atoms with Crippen LogP contribution in [0.3, 0.4) is 0 Å². The molecule has 11 aromatic rings. The summed E-state index contributed by atoms with van der Waals surface area (Å²) in [4.78, 5) is 0. The lowest BCUT2D eigenvalue weighted by atomic mass is 9.60. The van der Waals surface area contributed by atoms with E-state index in [0.717, 1.165) is 50.1 Å². The van der Waals surface area contributed by atoms with Gasteiger partial charge < -0.3 is 13.7 Å². The molecule has 0 saturated heterocycles. The number of hydrogen-bond acceptors (Lipinski definition) is 0. The Labute approximate surface area is 307 Å². The van der Waals surface area contributed by atoms with E-state index in [1.54, 1.807) is 0 Å². The van der Waals surface area contributed by atoms with Crippen molar-refractivity contribution < 1.29 is 0 Å². The third kappa shape index (κ3) is 3.91. The van der Waals surface area contributed by atoms with Crippen LogP contribution in [0.25, 0.3) is 93.6 Å². The number of para-hydroxylation sites is 6. The average molecular weight is 668 g/mol. The third-order valence-electron chi connectivity index (χ3n) is 11.4. The minimum absolute atomic E-state index is 0.762. The Bertz CT molecular complexity index is 3270. The normalized spacial score (nSPS) is 12.4. The smallest absolute Gasteiger partial charge is 0.199 e. The summed E-state index contributed by atoms with van der Waals surface area (Å²) >= 11 is 0. The summed E-state index contributed by atoms with van der Waals surface area (Å²) in [6.45, 7) is 0. The Hall–Kier alpha value is -6.71. The molecule has 0 unspecified atom stereocenters. The molecule has 4 heterocycles. The Morgan fingerprint density at radius 3 is 1.42 bits per heavy atom. The minimum atomic E-state index is 0.762. The number of benzene rings is 8. The monoisotopic (exact) mass is 668 g/mol. The van der Waals surface area contributed by atoms with Gasteiger partial charge >= 0.3 is 0 Å². The Balaban J connectivity index is 1.15. The van der Waals surface area contributed by atoms with Crippen molar-refractivity contribution in [1.82, 2.24) is 13.7 Å². The average Bonchev–Trinajstić information content (AvgIpc) is 3.86. The van der Waals surface area contributed by atoms with Gasteiger partial charge in [0.1, 0.15) is 7.85 Å². The van der Waals surface area contributed by atoms with Crippen LogP contribution in [0.4, 0.5) is 0 Å². The first-order valence-electron chi connectivity index (χ1n) is 18.2.